The Hall–Kier alpha value is -0.200. The largest absolute Gasteiger partial charge is 0.394 e. The molecule has 1 radical (unpaired) electrons. The molecule has 0 bridgehead atoms. The van der Waals surface area contributed by atoms with Crippen LogP contribution in [-0.4, -0.2) is 51.4 Å². The predicted octanol–water partition coefficient (Wildman–Crippen LogP) is 0.743. The van der Waals surface area contributed by atoms with Crippen molar-refractivity contribution in [3.8, 4) is 0 Å². The van der Waals surface area contributed by atoms with Crippen LogP contribution in [0.15, 0.2) is 0 Å². The molecular formula is C14H27O5. The maximum absolute atomic E-state index is 9.81. The van der Waals surface area contributed by atoms with Crippen molar-refractivity contribution in [3.63, 3.8) is 0 Å². The molecule has 4 atom stereocenters. The first kappa shape index (κ1) is 16.9. The number of aliphatic hydroxyl groups is 4. The molecule has 19 heavy (non-hydrogen) atoms. The van der Waals surface area contributed by atoms with Crippen LogP contribution in [0.2, 0.25) is 0 Å². The van der Waals surface area contributed by atoms with Crippen LogP contribution in [0.3, 0.4) is 0 Å². The number of aliphatic hydroxyl groups excluding tert-OH is 4. The maximum Gasteiger partial charge on any atom is 0.129 e. The van der Waals surface area contributed by atoms with Crippen LogP contribution in [0.1, 0.15) is 51.9 Å². The third kappa shape index (κ3) is 5.00. The summed E-state index contributed by atoms with van der Waals surface area (Å²) in [7, 11) is 0. The summed E-state index contributed by atoms with van der Waals surface area (Å²) in [6.07, 6.45) is 3.20. The molecular weight excluding hydrogens is 248 g/mol. The molecule has 0 aromatic carbocycles. The van der Waals surface area contributed by atoms with Gasteiger partial charge in [-0.1, -0.05) is 45.4 Å². The Morgan fingerprint density at radius 3 is 2.21 bits per heavy atom. The Labute approximate surface area is 115 Å². The fourth-order valence-corrected chi connectivity index (χ4v) is 2.36. The highest BCUT2D eigenvalue weighted by molar-refractivity contribution is 5.01. The molecule has 1 saturated heterocycles. The fraction of sp³-hybridized carbons (Fsp3) is 0.929. The zero-order chi connectivity index (χ0) is 14.3. The van der Waals surface area contributed by atoms with Crippen molar-refractivity contribution in [2.45, 2.75) is 76.3 Å². The zero-order valence-corrected chi connectivity index (χ0v) is 11.7. The van der Waals surface area contributed by atoms with Crippen LogP contribution in [0.5, 0.6) is 0 Å². The number of ether oxygens (including phenoxy) is 1. The van der Waals surface area contributed by atoms with Crippen LogP contribution in [-0.2, 0) is 4.74 Å². The zero-order valence-electron chi connectivity index (χ0n) is 11.7. The molecule has 0 unspecified atom stereocenters. The molecule has 5 nitrogen and oxygen atoms in total. The number of unbranched alkanes of at least 4 members (excludes halogenated alkanes) is 5. The molecule has 1 fully saturated rings. The van der Waals surface area contributed by atoms with Gasteiger partial charge >= 0.3 is 0 Å². The van der Waals surface area contributed by atoms with Crippen molar-refractivity contribution >= 4 is 0 Å². The second-order valence-electron chi connectivity index (χ2n) is 5.25. The Kier molecular flexibility index (Phi) is 7.87. The molecule has 0 aromatic heterocycles. The average molecular weight is 275 g/mol. The summed E-state index contributed by atoms with van der Waals surface area (Å²) in [6.45, 7) is 1.80. The lowest BCUT2D eigenvalue weighted by Gasteiger charge is -2.39. The number of hydrogen-bond acceptors (Lipinski definition) is 5. The van der Waals surface area contributed by atoms with Gasteiger partial charge < -0.3 is 25.2 Å². The molecule has 1 heterocycles. The SMILES string of the molecule is CCCCCCCC[C]1O[C@H](CO)[C@@H](O)[C@H](O)[C@H]1O. The van der Waals surface area contributed by atoms with Gasteiger partial charge in [0.2, 0.25) is 0 Å². The van der Waals surface area contributed by atoms with Gasteiger partial charge in [-0.3, -0.25) is 0 Å². The van der Waals surface area contributed by atoms with Gasteiger partial charge in [-0.15, -0.1) is 0 Å². The lowest BCUT2D eigenvalue weighted by molar-refractivity contribution is -0.192. The second kappa shape index (κ2) is 8.87. The summed E-state index contributed by atoms with van der Waals surface area (Å²) in [5.41, 5.74) is 0. The van der Waals surface area contributed by atoms with Gasteiger partial charge in [0.1, 0.15) is 30.5 Å². The number of rotatable bonds is 8. The molecule has 0 saturated carbocycles. The topological polar surface area (TPSA) is 90.2 Å². The normalized spacial score (nSPS) is 32.7. The molecule has 5 heteroatoms. The van der Waals surface area contributed by atoms with Crippen molar-refractivity contribution in [2.24, 2.45) is 0 Å². The smallest absolute Gasteiger partial charge is 0.129 e. The van der Waals surface area contributed by atoms with E-state index in [0.717, 1.165) is 19.3 Å². The summed E-state index contributed by atoms with van der Waals surface area (Å²) in [5.74, 6) is 0. The van der Waals surface area contributed by atoms with E-state index in [-0.39, 0.29) is 6.61 Å². The van der Waals surface area contributed by atoms with Crippen LogP contribution in [0.25, 0.3) is 0 Å². The summed E-state index contributed by atoms with van der Waals surface area (Å²) >= 11 is 0. The lowest BCUT2D eigenvalue weighted by Crippen LogP contribution is -2.55. The van der Waals surface area contributed by atoms with Gasteiger partial charge in [0.15, 0.2) is 0 Å². The van der Waals surface area contributed by atoms with Crippen molar-refractivity contribution in [1.82, 2.24) is 0 Å². The minimum atomic E-state index is -1.28. The molecule has 0 aliphatic carbocycles. The van der Waals surface area contributed by atoms with E-state index in [9.17, 15) is 15.3 Å². The predicted molar refractivity (Wildman–Crippen MR) is 71.2 cm³/mol. The van der Waals surface area contributed by atoms with Gasteiger partial charge in [-0.2, -0.15) is 0 Å². The summed E-state index contributed by atoms with van der Waals surface area (Å²) in [4.78, 5) is 0. The van der Waals surface area contributed by atoms with E-state index in [1.165, 1.54) is 19.3 Å². The van der Waals surface area contributed by atoms with E-state index in [4.69, 9.17) is 9.84 Å². The monoisotopic (exact) mass is 275 g/mol. The average Bonchev–Trinajstić information content (AvgIpc) is 2.42. The Bertz CT molecular complexity index is 234. The first-order valence-electron chi connectivity index (χ1n) is 7.29. The third-order valence-electron chi connectivity index (χ3n) is 3.64. The minimum absolute atomic E-state index is 0.370. The first-order valence-corrected chi connectivity index (χ1v) is 7.29. The molecule has 1 aliphatic heterocycles. The van der Waals surface area contributed by atoms with Crippen LogP contribution >= 0.6 is 0 Å². The highest BCUT2D eigenvalue weighted by atomic mass is 16.5. The molecule has 1 aliphatic rings. The Morgan fingerprint density at radius 2 is 1.58 bits per heavy atom. The van der Waals surface area contributed by atoms with E-state index >= 15 is 0 Å². The Balaban J connectivity index is 2.28. The van der Waals surface area contributed by atoms with Gasteiger partial charge in [0.25, 0.3) is 0 Å². The highest BCUT2D eigenvalue weighted by Gasteiger charge is 2.43. The van der Waals surface area contributed by atoms with E-state index < -0.39 is 24.4 Å². The summed E-state index contributed by atoms with van der Waals surface area (Å²) in [5, 5.41) is 38.1. The maximum atomic E-state index is 9.81. The van der Waals surface area contributed by atoms with E-state index in [2.05, 4.69) is 6.92 Å². The van der Waals surface area contributed by atoms with Gasteiger partial charge in [-0.05, 0) is 6.42 Å². The van der Waals surface area contributed by atoms with Crippen LogP contribution in [0, 0.1) is 6.10 Å². The Morgan fingerprint density at radius 1 is 0.947 bits per heavy atom. The molecule has 1 rings (SSSR count). The van der Waals surface area contributed by atoms with Crippen LogP contribution in [0.4, 0.5) is 0 Å². The van der Waals surface area contributed by atoms with Crippen LogP contribution < -0.4 is 0 Å². The fourth-order valence-electron chi connectivity index (χ4n) is 2.36. The molecule has 0 aromatic rings. The second-order valence-corrected chi connectivity index (χ2v) is 5.25. The number of hydrogen-bond donors (Lipinski definition) is 4. The standard InChI is InChI=1S/C14H27O5/c1-2-3-4-5-6-7-8-10-12(16)14(18)13(17)11(9-15)19-10/h11-18H,2-9H2,1H3/t11-,12+,13-,14-/m1/s1. The molecule has 4 N–H and O–H groups in total. The summed E-state index contributed by atoms with van der Waals surface area (Å²) in [6, 6.07) is 0. The van der Waals surface area contributed by atoms with Crippen molar-refractivity contribution in [1.29, 1.82) is 0 Å². The van der Waals surface area contributed by atoms with Gasteiger partial charge in [0, 0.05) is 0 Å². The quantitative estimate of drug-likeness (QED) is 0.491. The minimum Gasteiger partial charge on any atom is -0.394 e. The third-order valence-corrected chi connectivity index (χ3v) is 3.64. The molecule has 0 amide bonds. The van der Waals surface area contributed by atoms with Crippen molar-refractivity contribution in [2.75, 3.05) is 6.61 Å². The van der Waals surface area contributed by atoms with Gasteiger partial charge in [-0.25, -0.2) is 0 Å². The lowest BCUT2D eigenvalue weighted by atomic mass is 9.92. The van der Waals surface area contributed by atoms with Crippen molar-refractivity contribution < 1.29 is 25.2 Å². The molecule has 113 valence electrons. The first-order chi connectivity index (χ1) is 9.11. The van der Waals surface area contributed by atoms with Gasteiger partial charge in [0.05, 0.1) is 6.61 Å². The highest BCUT2D eigenvalue weighted by Crippen LogP contribution is 2.30. The van der Waals surface area contributed by atoms with E-state index in [1.807, 2.05) is 0 Å². The van der Waals surface area contributed by atoms with Crippen molar-refractivity contribution in [3.05, 3.63) is 6.10 Å². The molecule has 0 spiro atoms. The van der Waals surface area contributed by atoms with E-state index in [0.29, 0.717) is 12.5 Å². The summed E-state index contributed by atoms with van der Waals surface area (Å²) < 4.78 is 5.36. The van der Waals surface area contributed by atoms with E-state index in [1.54, 1.807) is 0 Å².